The van der Waals surface area contributed by atoms with E-state index < -0.39 is 0 Å². The Labute approximate surface area is 228 Å². The van der Waals surface area contributed by atoms with Crippen molar-refractivity contribution in [1.82, 2.24) is 9.97 Å². The third-order valence-electron chi connectivity index (χ3n) is 7.99. The van der Waals surface area contributed by atoms with E-state index in [0.717, 1.165) is 33.5 Å². The topological polar surface area (TPSA) is 25.8 Å². The molecule has 0 radical (unpaired) electrons. The molecule has 180 valence electrons. The largest absolute Gasteiger partial charge is 0.244 e. The first kappa shape index (κ1) is 21.1. The fraction of sp³-hybridized carbons (Fsp3) is 0. The Balaban J connectivity index is 1.45. The molecular weight excluding hydrogens is 492 g/mol. The van der Waals surface area contributed by atoms with E-state index in [9.17, 15) is 0 Å². The zero-order valence-electron chi connectivity index (χ0n) is 20.8. The Morgan fingerprint density at radius 3 is 1.85 bits per heavy atom. The van der Waals surface area contributed by atoms with Gasteiger partial charge in [0.2, 0.25) is 0 Å². The van der Waals surface area contributed by atoms with Crippen molar-refractivity contribution in [2.75, 3.05) is 0 Å². The van der Waals surface area contributed by atoms with Gasteiger partial charge in [0.05, 0.1) is 22.4 Å². The van der Waals surface area contributed by atoms with E-state index in [4.69, 9.17) is 9.97 Å². The van der Waals surface area contributed by atoms with Gasteiger partial charge >= 0.3 is 0 Å². The average molecular weight is 513 g/mol. The third kappa shape index (κ3) is 2.96. The molecular formula is C36H20N2S. The quantitative estimate of drug-likeness (QED) is 0.170. The summed E-state index contributed by atoms with van der Waals surface area (Å²) in [6, 6.07) is 43.3. The standard InChI is InChI=1S/C36H20N2S/c1-2-9-21(10-3-1)34-35(38-30-15-7-6-14-29(30)37-34)26-18-17-25-28-20-23-12-5-4-11-22(23)19-27(28)24-13-8-16-31-32(24)33(25)36(26)39-31/h1-20H. The molecule has 2 heterocycles. The Hall–Kier alpha value is -4.86. The van der Waals surface area contributed by atoms with E-state index in [2.05, 4.69) is 97.1 Å². The molecule has 2 aromatic heterocycles. The molecule has 9 aromatic rings. The zero-order chi connectivity index (χ0) is 25.5. The van der Waals surface area contributed by atoms with Gasteiger partial charge in [-0.2, -0.15) is 0 Å². The minimum atomic E-state index is 0.911. The highest BCUT2D eigenvalue weighted by molar-refractivity contribution is 7.26. The second-order valence-corrected chi connectivity index (χ2v) is 11.2. The molecule has 0 aliphatic carbocycles. The molecule has 0 amide bonds. The van der Waals surface area contributed by atoms with Crippen molar-refractivity contribution in [3.8, 4) is 22.5 Å². The number of benzene rings is 7. The molecule has 0 aliphatic heterocycles. The van der Waals surface area contributed by atoms with Crippen LogP contribution in [0, 0.1) is 0 Å². The highest BCUT2D eigenvalue weighted by Gasteiger charge is 2.22. The normalized spacial score (nSPS) is 12.1. The Morgan fingerprint density at radius 2 is 1.10 bits per heavy atom. The van der Waals surface area contributed by atoms with Crippen LogP contribution in [-0.4, -0.2) is 9.97 Å². The number of para-hydroxylation sites is 2. The predicted octanol–water partition coefficient (Wildman–Crippen LogP) is 10.2. The van der Waals surface area contributed by atoms with Crippen molar-refractivity contribution in [3.05, 3.63) is 121 Å². The maximum Gasteiger partial charge on any atom is 0.0987 e. The lowest BCUT2D eigenvalue weighted by Crippen LogP contribution is -1.95. The first-order chi connectivity index (χ1) is 19.3. The van der Waals surface area contributed by atoms with Crippen LogP contribution in [0.1, 0.15) is 0 Å². The average Bonchev–Trinajstić information content (AvgIpc) is 3.40. The number of rotatable bonds is 2. The lowest BCUT2D eigenvalue weighted by molar-refractivity contribution is 1.30. The van der Waals surface area contributed by atoms with Gasteiger partial charge in [-0.3, -0.25) is 0 Å². The first-order valence-corrected chi connectivity index (χ1v) is 14.0. The van der Waals surface area contributed by atoms with Crippen molar-refractivity contribution in [1.29, 1.82) is 0 Å². The van der Waals surface area contributed by atoms with E-state index >= 15 is 0 Å². The minimum absolute atomic E-state index is 0.911. The molecule has 7 aromatic carbocycles. The van der Waals surface area contributed by atoms with Gasteiger partial charge in [0, 0.05) is 31.3 Å². The van der Waals surface area contributed by atoms with Crippen molar-refractivity contribution in [2.24, 2.45) is 0 Å². The Morgan fingerprint density at radius 1 is 0.462 bits per heavy atom. The van der Waals surface area contributed by atoms with Crippen molar-refractivity contribution in [3.63, 3.8) is 0 Å². The molecule has 0 saturated heterocycles. The summed E-state index contributed by atoms with van der Waals surface area (Å²) < 4.78 is 2.58. The van der Waals surface area contributed by atoms with Gasteiger partial charge in [0.15, 0.2) is 0 Å². The van der Waals surface area contributed by atoms with Gasteiger partial charge in [-0.25, -0.2) is 9.97 Å². The van der Waals surface area contributed by atoms with Crippen LogP contribution in [0.15, 0.2) is 121 Å². The second-order valence-electron chi connectivity index (χ2n) is 10.2. The lowest BCUT2D eigenvalue weighted by atomic mass is 9.90. The number of fused-ring (bicyclic) bond motifs is 5. The van der Waals surface area contributed by atoms with E-state index in [-0.39, 0.29) is 0 Å². The molecule has 0 fully saturated rings. The first-order valence-electron chi connectivity index (χ1n) is 13.2. The number of hydrogen-bond donors (Lipinski definition) is 0. The summed E-state index contributed by atoms with van der Waals surface area (Å²) in [5, 5.41) is 10.5. The SMILES string of the molecule is c1ccc(-c2nc3ccccc3nc2-c2ccc3c4cc5ccccc5cc4c4cccc5sc2c3c54)cc1. The summed E-state index contributed by atoms with van der Waals surface area (Å²) in [7, 11) is 0. The van der Waals surface area contributed by atoms with Gasteiger partial charge in [-0.05, 0) is 62.6 Å². The Bertz CT molecular complexity index is 2390. The molecule has 0 bridgehead atoms. The Kier molecular flexibility index (Phi) is 4.24. The molecule has 39 heavy (non-hydrogen) atoms. The van der Waals surface area contributed by atoms with Crippen molar-refractivity contribution >= 4 is 74.9 Å². The summed E-state index contributed by atoms with van der Waals surface area (Å²) in [4.78, 5) is 10.4. The van der Waals surface area contributed by atoms with Crippen LogP contribution < -0.4 is 0 Å². The van der Waals surface area contributed by atoms with Crippen molar-refractivity contribution in [2.45, 2.75) is 0 Å². The van der Waals surface area contributed by atoms with E-state index in [1.54, 1.807) is 0 Å². The number of aromatic nitrogens is 2. The molecule has 0 aliphatic rings. The molecule has 3 heteroatoms. The number of thiophene rings is 1. The molecule has 2 nitrogen and oxygen atoms in total. The summed E-state index contributed by atoms with van der Waals surface area (Å²) in [6.07, 6.45) is 0. The summed E-state index contributed by atoms with van der Waals surface area (Å²) in [6.45, 7) is 0. The van der Waals surface area contributed by atoms with Crippen LogP contribution in [0.25, 0.3) is 86.0 Å². The van der Waals surface area contributed by atoms with E-state index in [0.29, 0.717) is 0 Å². The van der Waals surface area contributed by atoms with Crippen LogP contribution in [0.2, 0.25) is 0 Å². The number of hydrogen-bond acceptors (Lipinski definition) is 3. The second kappa shape index (κ2) is 7.83. The highest BCUT2D eigenvalue weighted by atomic mass is 32.1. The van der Waals surface area contributed by atoms with Gasteiger partial charge in [0.25, 0.3) is 0 Å². The molecule has 0 spiro atoms. The highest BCUT2D eigenvalue weighted by Crippen LogP contribution is 2.49. The predicted molar refractivity (Wildman–Crippen MR) is 167 cm³/mol. The molecule has 0 saturated carbocycles. The summed E-state index contributed by atoms with van der Waals surface area (Å²) in [5.74, 6) is 0. The fourth-order valence-electron chi connectivity index (χ4n) is 6.23. The van der Waals surface area contributed by atoms with Crippen molar-refractivity contribution < 1.29 is 0 Å². The van der Waals surface area contributed by atoms with E-state index in [1.807, 2.05) is 35.6 Å². The molecule has 0 atom stereocenters. The van der Waals surface area contributed by atoms with Gasteiger partial charge in [-0.15, -0.1) is 11.3 Å². The molecule has 9 rings (SSSR count). The molecule has 0 N–H and O–H groups in total. The van der Waals surface area contributed by atoms with Gasteiger partial charge in [0.1, 0.15) is 0 Å². The smallest absolute Gasteiger partial charge is 0.0987 e. The fourth-order valence-corrected chi connectivity index (χ4v) is 7.50. The molecule has 0 unspecified atom stereocenters. The maximum absolute atomic E-state index is 5.24. The monoisotopic (exact) mass is 512 g/mol. The van der Waals surface area contributed by atoms with E-state index in [1.165, 1.54) is 52.5 Å². The van der Waals surface area contributed by atoms with Gasteiger partial charge in [-0.1, -0.05) is 91.0 Å². The lowest BCUT2D eigenvalue weighted by Gasteiger charge is -2.14. The minimum Gasteiger partial charge on any atom is -0.244 e. The van der Waals surface area contributed by atoms with Crippen LogP contribution >= 0.6 is 11.3 Å². The van der Waals surface area contributed by atoms with Crippen LogP contribution in [0.4, 0.5) is 0 Å². The zero-order valence-corrected chi connectivity index (χ0v) is 21.7. The summed E-state index contributed by atoms with van der Waals surface area (Å²) in [5.41, 5.74) is 5.90. The summed E-state index contributed by atoms with van der Waals surface area (Å²) >= 11 is 1.87. The number of nitrogens with zero attached hydrogens (tertiary/aromatic N) is 2. The third-order valence-corrected chi connectivity index (χ3v) is 9.17. The van der Waals surface area contributed by atoms with Gasteiger partial charge < -0.3 is 0 Å². The maximum atomic E-state index is 5.24. The van der Waals surface area contributed by atoms with Crippen LogP contribution in [0.5, 0.6) is 0 Å². The van der Waals surface area contributed by atoms with Crippen LogP contribution in [-0.2, 0) is 0 Å². The van der Waals surface area contributed by atoms with Crippen LogP contribution in [0.3, 0.4) is 0 Å².